The van der Waals surface area contributed by atoms with Crippen LogP contribution in [0, 0.1) is 17.8 Å². The third-order valence-electron chi connectivity index (χ3n) is 5.28. The lowest BCUT2D eigenvalue weighted by Gasteiger charge is -2.30. The fraction of sp³-hybridized carbons (Fsp3) is 0.889. The van der Waals surface area contributed by atoms with Crippen molar-refractivity contribution in [2.75, 3.05) is 13.2 Å². The third-order valence-corrected chi connectivity index (χ3v) is 5.28. The molecule has 1 fully saturated rings. The number of rotatable bonds is 6. The monoisotopic (exact) mass is 280 g/mol. The van der Waals surface area contributed by atoms with Crippen LogP contribution in [0.4, 0.5) is 0 Å². The largest absolute Gasteiger partial charge is 0.396 e. The van der Waals surface area contributed by atoms with Crippen LogP contribution in [0.2, 0.25) is 0 Å². The van der Waals surface area contributed by atoms with Crippen molar-refractivity contribution in [1.82, 2.24) is 0 Å². The van der Waals surface area contributed by atoms with Gasteiger partial charge in [-0.25, -0.2) is 0 Å². The van der Waals surface area contributed by atoms with E-state index in [9.17, 15) is 5.11 Å². The molecule has 1 heterocycles. The fourth-order valence-corrected chi connectivity index (χ4v) is 3.66. The molecule has 0 aromatic rings. The molecule has 2 rings (SSSR count). The maximum Gasteiger partial charge on any atom is 0.0575 e. The summed E-state index contributed by atoms with van der Waals surface area (Å²) in [7, 11) is 0. The lowest BCUT2D eigenvalue weighted by Crippen LogP contribution is -2.25. The van der Waals surface area contributed by atoms with Gasteiger partial charge in [-0.15, -0.1) is 0 Å². The van der Waals surface area contributed by atoms with Crippen LogP contribution in [0.1, 0.15) is 65.2 Å². The molecule has 0 spiro atoms. The van der Waals surface area contributed by atoms with Crippen LogP contribution in [-0.4, -0.2) is 24.4 Å². The van der Waals surface area contributed by atoms with E-state index in [1.54, 1.807) is 0 Å². The van der Waals surface area contributed by atoms with Gasteiger partial charge in [0, 0.05) is 13.2 Å². The Morgan fingerprint density at radius 1 is 1.35 bits per heavy atom. The molecule has 2 heteroatoms. The Hall–Kier alpha value is -0.340. The number of hydrogen-bond acceptors (Lipinski definition) is 2. The summed E-state index contributed by atoms with van der Waals surface area (Å²) >= 11 is 0. The molecule has 0 amide bonds. The van der Waals surface area contributed by atoms with Crippen LogP contribution in [0.25, 0.3) is 0 Å². The number of hydrogen-bond donors (Lipinski definition) is 1. The highest BCUT2D eigenvalue weighted by Crippen LogP contribution is 2.32. The Kier molecular flexibility index (Phi) is 6.57. The molecule has 116 valence electrons. The molecule has 0 aromatic carbocycles. The number of ether oxygens (including phenoxy) is 1. The summed E-state index contributed by atoms with van der Waals surface area (Å²) in [5, 5.41) is 9.66. The Balaban J connectivity index is 1.66. The molecular weight excluding hydrogens is 248 g/mol. The van der Waals surface area contributed by atoms with Crippen molar-refractivity contribution in [3.8, 4) is 0 Å². The summed E-state index contributed by atoms with van der Waals surface area (Å²) < 4.78 is 5.89. The van der Waals surface area contributed by atoms with Crippen molar-refractivity contribution in [1.29, 1.82) is 0 Å². The summed E-state index contributed by atoms with van der Waals surface area (Å²) in [6.07, 6.45) is 12.7. The molecule has 1 aliphatic heterocycles. The molecule has 0 bridgehead atoms. The Labute approximate surface area is 124 Å². The fourth-order valence-electron chi connectivity index (χ4n) is 3.66. The van der Waals surface area contributed by atoms with E-state index in [1.807, 2.05) is 0 Å². The zero-order chi connectivity index (χ0) is 14.4. The molecule has 1 saturated heterocycles. The van der Waals surface area contributed by atoms with Crippen LogP contribution in [0.3, 0.4) is 0 Å². The van der Waals surface area contributed by atoms with Gasteiger partial charge in [0.05, 0.1) is 6.10 Å². The van der Waals surface area contributed by atoms with Crippen molar-refractivity contribution in [3.63, 3.8) is 0 Å². The molecule has 0 saturated carbocycles. The van der Waals surface area contributed by atoms with Crippen LogP contribution in [0.15, 0.2) is 11.6 Å². The standard InChI is InChI=1S/C18H32O2/c1-14-6-9-16(10-7-14)17(12-19)4-3-5-18-11-8-15(2)13-20-18/h6,15-19H,3-5,7-13H2,1-2H3. The van der Waals surface area contributed by atoms with Gasteiger partial charge in [-0.2, -0.15) is 0 Å². The zero-order valence-electron chi connectivity index (χ0n) is 13.3. The van der Waals surface area contributed by atoms with Gasteiger partial charge in [-0.1, -0.05) is 25.0 Å². The Morgan fingerprint density at radius 2 is 2.20 bits per heavy atom. The molecule has 2 aliphatic rings. The quantitative estimate of drug-likeness (QED) is 0.734. The predicted molar refractivity (Wildman–Crippen MR) is 83.7 cm³/mol. The minimum atomic E-state index is 0.361. The second-order valence-electron chi connectivity index (χ2n) is 7.10. The maximum atomic E-state index is 9.66. The molecular formula is C18H32O2. The third kappa shape index (κ3) is 4.89. The second kappa shape index (κ2) is 8.19. The highest BCUT2D eigenvalue weighted by atomic mass is 16.5. The van der Waals surface area contributed by atoms with Crippen LogP contribution >= 0.6 is 0 Å². The van der Waals surface area contributed by atoms with Gasteiger partial charge < -0.3 is 9.84 Å². The van der Waals surface area contributed by atoms with Crippen molar-refractivity contribution in [3.05, 3.63) is 11.6 Å². The highest BCUT2D eigenvalue weighted by Gasteiger charge is 2.23. The Bertz CT molecular complexity index is 303. The van der Waals surface area contributed by atoms with Crippen LogP contribution in [0.5, 0.6) is 0 Å². The lowest BCUT2D eigenvalue weighted by molar-refractivity contribution is -0.0173. The summed E-state index contributed by atoms with van der Waals surface area (Å²) in [5.74, 6) is 1.95. The van der Waals surface area contributed by atoms with E-state index in [4.69, 9.17) is 4.74 Å². The summed E-state index contributed by atoms with van der Waals surface area (Å²) in [6, 6.07) is 0. The van der Waals surface area contributed by atoms with Gasteiger partial charge in [0.15, 0.2) is 0 Å². The number of aliphatic hydroxyl groups excluding tert-OH is 1. The molecule has 4 unspecified atom stereocenters. The predicted octanol–water partition coefficient (Wildman–Crippen LogP) is 4.33. The van der Waals surface area contributed by atoms with E-state index in [0.717, 1.165) is 12.5 Å². The van der Waals surface area contributed by atoms with Crippen LogP contribution < -0.4 is 0 Å². The first-order valence-electron chi connectivity index (χ1n) is 8.57. The van der Waals surface area contributed by atoms with Gasteiger partial charge in [0.1, 0.15) is 0 Å². The molecule has 1 aliphatic carbocycles. The van der Waals surface area contributed by atoms with E-state index >= 15 is 0 Å². The zero-order valence-corrected chi connectivity index (χ0v) is 13.3. The first-order chi connectivity index (χ1) is 9.69. The average molecular weight is 280 g/mol. The van der Waals surface area contributed by atoms with Crippen molar-refractivity contribution in [2.24, 2.45) is 17.8 Å². The first kappa shape index (κ1) is 16.0. The van der Waals surface area contributed by atoms with Gasteiger partial charge in [-0.3, -0.25) is 0 Å². The van der Waals surface area contributed by atoms with Crippen molar-refractivity contribution >= 4 is 0 Å². The SMILES string of the molecule is CC1=CCC(C(CO)CCCC2CCC(C)CO2)CC1. The summed E-state index contributed by atoms with van der Waals surface area (Å²) in [6.45, 7) is 5.81. The first-order valence-corrected chi connectivity index (χ1v) is 8.57. The maximum absolute atomic E-state index is 9.66. The van der Waals surface area contributed by atoms with Gasteiger partial charge in [-0.05, 0) is 69.6 Å². The van der Waals surface area contributed by atoms with Gasteiger partial charge in [0.25, 0.3) is 0 Å². The average Bonchev–Trinajstić information content (AvgIpc) is 2.47. The normalized spacial score (nSPS) is 32.8. The summed E-state index contributed by atoms with van der Waals surface area (Å²) in [5.41, 5.74) is 1.53. The van der Waals surface area contributed by atoms with E-state index < -0.39 is 0 Å². The molecule has 0 radical (unpaired) electrons. The number of allylic oxidation sites excluding steroid dienone is 2. The molecule has 1 N–H and O–H groups in total. The van der Waals surface area contributed by atoms with E-state index in [1.165, 1.54) is 56.9 Å². The van der Waals surface area contributed by atoms with E-state index in [2.05, 4.69) is 19.9 Å². The van der Waals surface area contributed by atoms with Crippen molar-refractivity contribution in [2.45, 2.75) is 71.3 Å². The smallest absolute Gasteiger partial charge is 0.0575 e. The molecule has 0 aromatic heterocycles. The van der Waals surface area contributed by atoms with Gasteiger partial charge in [0.2, 0.25) is 0 Å². The molecule has 20 heavy (non-hydrogen) atoms. The van der Waals surface area contributed by atoms with Crippen LogP contribution in [-0.2, 0) is 4.74 Å². The second-order valence-corrected chi connectivity index (χ2v) is 7.10. The molecule has 2 nitrogen and oxygen atoms in total. The van der Waals surface area contributed by atoms with Gasteiger partial charge >= 0.3 is 0 Å². The summed E-state index contributed by atoms with van der Waals surface area (Å²) in [4.78, 5) is 0. The topological polar surface area (TPSA) is 29.5 Å². The minimum absolute atomic E-state index is 0.361. The van der Waals surface area contributed by atoms with Crippen molar-refractivity contribution < 1.29 is 9.84 Å². The number of aliphatic hydroxyl groups is 1. The van der Waals surface area contributed by atoms with E-state index in [0.29, 0.717) is 24.5 Å². The minimum Gasteiger partial charge on any atom is -0.396 e. The Morgan fingerprint density at radius 3 is 2.80 bits per heavy atom. The lowest BCUT2D eigenvalue weighted by atomic mass is 9.79. The van der Waals surface area contributed by atoms with E-state index in [-0.39, 0.29) is 0 Å². The highest BCUT2D eigenvalue weighted by molar-refractivity contribution is 5.03. The molecule has 4 atom stereocenters.